The summed E-state index contributed by atoms with van der Waals surface area (Å²) in [5, 5.41) is 21.4. The van der Waals surface area contributed by atoms with Gasteiger partial charge in [0.25, 0.3) is 5.69 Å². The maximum Gasteiger partial charge on any atom is 0.328 e. The summed E-state index contributed by atoms with van der Waals surface area (Å²) in [7, 11) is 3.15. The van der Waals surface area contributed by atoms with E-state index in [-0.39, 0.29) is 22.5 Å². The molecule has 0 saturated carbocycles. The number of hydrogen-bond donors (Lipinski definition) is 1. The Morgan fingerprint density at radius 1 is 1.17 bits per heavy atom. The van der Waals surface area contributed by atoms with E-state index in [0.717, 1.165) is 16.6 Å². The van der Waals surface area contributed by atoms with Crippen LogP contribution in [0.15, 0.2) is 29.1 Å². The average Bonchev–Trinajstić information content (AvgIpc) is 3.20. The molecule has 0 bridgehead atoms. The number of imidazole rings is 2. The number of fused-ring (bicyclic) bond motifs is 2. The lowest BCUT2D eigenvalue weighted by Crippen LogP contribution is -2.19. The second-order valence-corrected chi connectivity index (χ2v) is 7.27. The summed E-state index contributed by atoms with van der Waals surface area (Å²) in [5.74, 6) is 0.328. The van der Waals surface area contributed by atoms with Crippen molar-refractivity contribution in [3.63, 3.8) is 0 Å². The first-order valence-corrected chi connectivity index (χ1v) is 9.14. The lowest BCUT2D eigenvalue weighted by molar-refractivity contribution is -0.385. The van der Waals surface area contributed by atoms with Crippen LogP contribution >= 0.6 is 0 Å². The number of aromatic nitrogens is 4. The Balaban J connectivity index is 1.95. The zero-order valence-electron chi connectivity index (χ0n) is 16.8. The highest BCUT2D eigenvalue weighted by Crippen LogP contribution is 2.29. The Kier molecular flexibility index (Phi) is 4.28. The lowest BCUT2D eigenvalue weighted by atomic mass is 10.1. The number of nitrogens with zero attached hydrogens (tertiary/aromatic N) is 5. The molecule has 0 fully saturated rings. The average molecular weight is 402 g/mol. The van der Waals surface area contributed by atoms with Crippen molar-refractivity contribution >= 4 is 39.4 Å². The Labute approximate surface area is 170 Å². The highest BCUT2D eigenvalue weighted by atomic mass is 16.6. The number of aryl methyl sites for hydroxylation is 4. The van der Waals surface area contributed by atoms with Gasteiger partial charge in [0, 0.05) is 20.2 Å². The molecule has 0 atom stereocenters. The van der Waals surface area contributed by atoms with Crippen molar-refractivity contribution in [1.29, 1.82) is 5.26 Å². The molecule has 4 aromatic rings. The van der Waals surface area contributed by atoms with E-state index in [0.29, 0.717) is 22.4 Å². The fourth-order valence-electron chi connectivity index (χ4n) is 3.53. The zero-order valence-corrected chi connectivity index (χ0v) is 16.8. The van der Waals surface area contributed by atoms with E-state index in [2.05, 4.69) is 16.0 Å². The molecule has 0 aliphatic heterocycles. The van der Waals surface area contributed by atoms with Crippen LogP contribution in [0.5, 0.6) is 0 Å². The molecular weight excluding hydrogens is 384 g/mol. The van der Waals surface area contributed by atoms with Crippen LogP contribution in [-0.4, -0.2) is 24.0 Å². The zero-order chi connectivity index (χ0) is 21.7. The minimum Gasteiger partial charge on any atom is -0.337 e. The highest BCUT2D eigenvalue weighted by molar-refractivity contribution is 5.94. The van der Waals surface area contributed by atoms with Gasteiger partial charge < -0.3 is 4.98 Å². The Morgan fingerprint density at radius 3 is 2.43 bits per heavy atom. The maximum atomic E-state index is 12.2. The minimum atomic E-state index is -0.525. The molecule has 2 aromatic carbocycles. The molecule has 2 heterocycles. The number of allylic oxidation sites excluding steroid dienone is 1. The predicted molar refractivity (Wildman–Crippen MR) is 114 cm³/mol. The first-order chi connectivity index (χ1) is 14.2. The largest absolute Gasteiger partial charge is 0.337 e. The van der Waals surface area contributed by atoms with E-state index in [1.807, 2.05) is 26.0 Å². The van der Waals surface area contributed by atoms with Crippen molar-refractivity contribution in [2.75, 3.05) is 0 Å². The monoisotopic (exact) mass is 402 g/mol. The summed E-state index contributed by atoms with van der Waals surface area (Å²) in [6.45, 7) is 3.96. The first-order valence-electron chi connectivity index (χ1n) is 9.14. The van der Waals surface area contributed by atoms with E-state index in [4.69, 9.17) is 0 Å². The van der Waals surface area contributed by atoms with Gasteiger partial charge in [-0.05, 0) is 49.2 Å². The van der Waals surface area contributed by atoms with Gasteiger partial charge in [0.2, 0.25) is 0 Å². The second kappa shape index (κ2) is 6.70. The predicted octanol–water partition coefficient (Wildman–Crippen LogP) is 3.34. The van der Waals surface area contributed by atoms with Crippen LogP contribution in [0.1, 0.15) is 22.5 Å². The van der Waals surface area contributed by atoms with Crippen LogP contribution in [0.25, 0.3) is 33.7 Å². The summed E-state index contributed by atoms with van der Waals surface area (Å²) >= 11 is 0. The third kappa shape index (κ3) is 2.86. The first kappa shape index (κ1) is 19.1. The fourth-order valence-corrected chi connectivity index (χ4v) is 3.53. The third-order valence-corrected chi connectivity index (χ3v) is 5.39. The van der Waals surface area contributed by atoms with Crippen LogP contribution in [0.2, 0.25) is 0 Å². The van der Waals surface area contributed by atoms with Gasteiger partial charge in [-0.1, -0.05) is 0 Å². The normalized spacial score (nSPS) is 11.9. The smallest absolute Gasteiger partial charge is 0.328 e. The van der Waals surface area contributed by atoms with Crippen LogP contribution in [0.3, 0.4) is 0 Å². The molecule has 4 rings (SSSR count). The molecule has 0 saturated heterocycles. The summed E-state index contributed by atoms with van der Waals surface area (Å²) in [5.41, 5.74) is 4.54. The number of hydrogen-bond acceptors (Lipinski definition) is 5. The molecule has 9 heteroatoms. The van der Waals surface area contributed by atoms with E-state index >= 15 is 0 Å². The molecule has 0 unspecified atom stereocenters. The van der Waals surface area contributed by atoms with E-state index in [1.165, 1.54) is 21.3 Å². The molecule has 0 aliphatic rings. The topological polar surface area (TPSA) is 123 Å². The van der Waals surface area contributed by atoms with Crippen molar-refractivity contribution in [3.05, 3.63) is 67.4 Å². The van der Waals surface area contributed by atoms with Gasteiger partial charge in [-0.3, -0.25) is 19.2 Å². The van der Waals surface area contributed by atoms with Crippen molar-refractivity contribution in [3.8, 4) is 6.07 Å². The fraction of sp³-hybridized carbons (Fsp3) is 0.190. The third-order valence-electron chi connectivity index (χ3n) is 5.39. The molecule has 0 amide bonds. The molecule has 9 nitrogen and oxygen atoms in total. The van der Waals surface area contributed by atoms with Crippen LogP contribution in [0, 0.1) is 35.3 Å². The molecule has 1 N–H and O–H groups in total. The molecular formula is C21H18N6O3. The lowest BCUT2D eigenvalue weighted by Gasteiger charge is -2.02. The van der Waals surface area contributed by atoms with Crippen LogP contribution in [0.4, 0.5) is 5.69 Å². The SMILES string of the molecule is Cc1cc2nc(C(C#N)=Cc3cc4c(cc3[N+](=O)[O-])n(C)c(=O)n4C)[nH]c2cc1C. The van der Waals surface area contributed by atoms with E-state index in [1.54, 1.807) is 20.2 Å². The van der Waals surface area contributed by atoms with Gasteiger partial charge in [-0.25, -0.2) is 9.78 Å². The number of nitrogens with one attached hydrogen (secondary N) is 1. The molecule has 0 spiro atoms. The molecule has 0 radical (unpaired) electrons. The highest BCUT2D eigenvalue weighted by Gasteiger charge is 2.20. The number of rotatable bonds is 3. The van der Waals surface area contributed by atoms with E-state index in [9.17, 15) is 20.2 Å². The standard InChI is InChI=1S/C21H18N6O3/c1-11-5-15-16(6-12(11)2)24-20(23-15)14(10-22)7-13-8-18-19(9-17(13)27(29)30)26(4)21(28)25(18)3/h5-9H,1-4H3,(H,23,24). The summed E-state index contributed by atoms with van der Waals surface area (Å²) in [6.07, 6.45) is 1.42. The number of nitro benzene ring substituents is 1. The molecule has 150 valence electrons. The van der Waals surface area contributed by atoms with E-state index < -0.39 is 4.92 Å². The molecule has 2 aromatic heterocycles. The maximum absolute atomic E-state index is 12.2. The second-order valence-electron chi connectivity index (χ2n) is 7.27. The molecule has 30 heavy (non-hydrogen) atoms. The number of benzene rings is 2. The van der Waals surface area contributed by atoms with Crippen molar-refractivity contribution in [1.82, 2.24) is 19.1 Å². The van der Waals surface area contributed by atoms with Gasteiger partial charge in [-0.2, -0.15) is 5.26 Å². The van der Waals surface area contributed by atoms with Crippen LogP contribution < -0.4 is 5.69 Å². The van der Waals surface area contributed by atoms with Crippen molar-refractivity contribution in [2.24, 2.45) is 14.1 Å². The van der Waals surface area contributed by atoms with Gasteiger partial charge in [0.15, 0.2) is 0 Å². The van der Waals surface area contributed by atoms with Gasteiger partial charge >= 0.3 is 5.69 Å². The number of H-pyrrole nitrogens is 1. The van der Waals surface area contributed by atoms with Gasteiger partial charge in [0.05, 0.1) is 38.1 Å². The Bertz CT molecular complexity index is 1450. The summed E-state index contributed by atoms with van der Waals surface area (Å²) in [6, 6.07) is 8.84. The van der Waals surface area contributed by atoms with Crippen molar-refractivity contribution in [2.45, 2.75) is 13.8 Å². The van der Waals surface area contributed by atoms with Crippen molar-refractivity contribution < 1.29 is 4.92 Å². The van der Waals surface area contributed by atoms with Gasteiger partial charge in [-0.15, -0.1) is 0 Å². The Hall–Kier alpha value is -4.19. The summed E-state index contributed by atoms with van der Waals surface area (Å²) < 4.78 is 2.76. The Morgan fingerprint density at radius 2 is 1.80 bits per heavy atom. The van der Waals surface area contributed by atoms with Crippen LogP contribution in [-0.2, 0) is 14.1 Å². The van der Waals surface area contributed by atoms with Gasteiger partial charge in [0.1, 0.15) is 11.9 Å². The molecule has 0 aliphatic carbocycles. The summed E-state index contributed by atoms with van der Waals surface area (Å²) in [4.78, 5) is 30.9. The number of nitro groups is 1. The minimum absolute atomic E-state index is 0.157. The number of aromatic amines is 1. The number of nitriles is 1. The quantitative estimate of drug-likeness (QED) is 0.320.